The van der Waals surface area contributed by atoms with Gasteiger partial charge in [0.2, 0.25) is 5.95 Å². The number of halogens is 2. The molecule has 1 aliphatic heterocycles. The number of anilines is 1. The summed E-state index contributed by atoms with van der Waals surface area (Å²) in [6.07, 6.45) is 4.83. The SMILES string of the molecule is Oc1ccc(CCNc2ncc3nc(-c4c(Cl)cccc4Cl)n(C[C@@H]4CCCNC4)c3n2)cc1. The van der Waals surface area contributed by atoms with Gasteiger partial charge in [-0.1, -0.05) is 41.4 Å². The third kappa shape index (κ3) is 4.97. The van der Waals surface area contributed by atoms with E-state index in [0.29, 0.717) is 39.8 Å². The Balaban J connectivity index is 1.46. The number of imidazole rings is 1. The lowest BCUT2D eigenvalue weighted by atomic mass is 9.99. The maximum Gasteiger partial charge on any atom is 0.224 e. The molecular formula is C25H26Cl2N6O. The van der Waals surface area contributed by atoms with Crippen molar-refractivity contribution in [1.29, 1.82) is 0 Å². The van der Waals surface area contributed by atoms with E-state index in [-0.39, 0.29) is 5.75 Å². The molecule has 34 heavy (non-hydrogen) atoms. The summed E-state index contributed by atoms with van der Waals surface area (Å²) in [6.45, 7) is 3.45. The van der Waals surface area contributed by atoms with E-state index in [2.05, 4.69) is 20.2 Å². The molecule has 4 aromatic rings. The van der Waals surface area contributed by atoms with Gasteiger partial charge in [-0.25, -0.2) is 9.97 Å². The molecule has 3 N–H and O–H groups in total. The predicted octanol–water partition coefficient (Wildman–Crippen LogP) is 5.16. The molecule has 0 amide bonds. The molecule has 1 fully saturated rings. The average molecular weight is 497 g/mol. The molecule has 0 radical (unpaired) electrons. The summed E-state index contributed by atoms with van der Waals surface area (Å²) in [4.78, 5) is 14.1. The molecule has 1 aliphatic rings. The van der Waals surface area contributed by atoms with E-state index in [1.165, 1.54) is 0 Å². The molecule has 9 heteroatoms. The lowest BCUT2D eigenvalue weighted by Crippen LogP contribution is -2.32. The Labute approximate surface area is 208 Å². The highest BCUT2D eigenvalue weighted by atomic mass is 35.5. The molecule has 176 valence electrons. The number of phenols is 1. The van der Waals surface area contributed by atoms with Crippen LogP contribution in [0.25, 0.3) is 22.6 Å². The first-order valence-corrected chi connectivity index (χ1v) is 12.2. The standard InChI is InChI=1S/C25H26Cl2N6O/c26-19-4-1-5-20(27)22(19)24-31-21-14-30-25(29-12-10-16-6-8-18(34)9-7-16)32-23(21)33(24)15-17-3-2-11-28-13-17/h1,4-9,14,17,28,34H,2-3,10-13,15H2,(H,29,30,32)/t17-/m1/s1. The number of benzene rings is 2. The van der Waals surface area contributed by atoms with E-state index in [1.807, 2.05) is 30.3 Å². The fourth-order valence-electron chi connectivity index (χ4n) is 4.40. The van der Waals surface area contributed by atoms with Crippen LogP contribution in [0.1, 0.15) is 18.4 Å². The molecule has 0 saturated carbocycles. The van der Waals surface area contributed by atoms with E-state index in [0.717, 1.165) is 55.7 Å². The van der Waals surface area contributed by atoms with Crippen LogP contribution in [0.3, 0.4) is 0 Å². The fourth-order valence-corrected chi connectivity index (χ4v) is 4.96. The average Bonchev–Trinajstić information content (AvgIpc) is 3.18. The van der Waals surface area contributed by atoms with E-state index in [9.17, 15) is 5.11 Å². The van der Waals surface area contributed by atoms with Crippen molar-refractivity contribution in [3.63, 3.8) is 0 Å². The van der Waals surface area contributed by atoms with E-state index < -0.39 is 0 Å². The minimum absolute atomic E-state index is 0.265. The smallest absolute Gasteiger partial charge is 0.224 e. The number of aromatic hydroxyl groups is 1. The number of fused-ring (bicyclic) bond motifs is 1. The van der Waals surface area contributed by atoms with Crippen LogP contribution in [-0.4, -0.2) is 44.3 Å². The Kier molecular flexibility index (Phi) is 6.85. The molecule has 2 aromatic heterocycles. The maximum atomic E-state index is 9.46. The maximum absolute atomic E-state index is 9.46. The van der Waals surface area contributed by atoms with Gasteiger partial charge in [0.15, 0.2) is 5.65 Å². The van der Waals surface area contributed by atoms with Crippen molar-refractivity contribution in [2.24, 2.45) is 5.92 Å². The lowest BCUT2D eigenvalue weighted by molar-refractivity contribution is 0.341. The summed E-state index contributed by atoms with van der Waals surface area (Å²) in [5, 5.41) is 17.4. The number of rotatable bonds is 7. The Morgan fingerprint density at radius 3 is 2.62 bits per heavy atom. The summed E-state index contributed by atoms with van der Waals surface area (Å²) in [7, 11) is 0. The number of phenolic OH excluding ortho intramolecular Hbond substituents is 1. The second-order valence-electron chi connectivity index (χ2n) is 8.60. The van der Waals surface area contributed by atoms with Crippen LogP contribution < -0.4 is 10.6 Å². The summed E-state index contributed by atoms with van der Waals surface area (Å²) >= 11 is 13.1. The summed E-state index contributed by atoms with van der Waals surface area (Å²) < 4.78 is 2.13. The number of aromatic nitrogens is 4. The van der Waals surface area contributed by atoms with Gasteiger partial charge >= 0.3 is 0 Å². The van der Waals surface area contributed by atoms with E-state index in [1.54, 1.807) is 18.3 Å². The summed E-state index contributed by atoms with van der Waals surface area (Å²) in [5.41, 5.74) is 3.31. The van der Waals surface area contributed by atoms with Crippen molar-refractivity contribution < 1.29 is 5.11 Å². The number of hydrogen-bond donors (Lipinski definition) is 3. The molecule has 1 saturated heterocycles. The number of hydrogen-bond acceptors (Lipinski definition) is 6. The molecule has 2 aromatic carbocycles. The minimum atomic E-state index is 0.265. The highest BCUT2D eigenvalue weighted by Crippen LogP contribution is 2.36. The Bertz CT molecular complexity index is 1260. The van der Waals surface area contributed by atoms with Crippen molar-refractivity contribution in [3.8, 4) is 17.1 Å². The molecule has 1 atom stereocenters. The van der Waals surface area contributed by atoms with Crippen molar-refractivity contribution in [3.05, 3.63) is 64.3 Å². The highest BCUT2D eigenvalue weighted by Gasteiger charge is 2.23. The largest absolute Gasteiger partial charge is 0.508 e. The number of nitrogens with zero attached hydrogens (tertiary/aromatic N) is 4. The first-order valence-electron chi connectivity index (χ1n) is 11.5. The minimum Gasteiger partial charge on any atom is -0.508 e. The van der Waals surface area contributed by atoms with Crippen molar-refractivity contribution in [2.45, 2.75) is 25.8 Å². The van der Waals surface area contributed by atoms with E-state index in [4.69, 9.17) is 33.2 Å². The normalized spacial score (nSPS) is 16.1. The first-order chi connectivity index (χ1) is 16.6. The quantitative estimate of drug-likeness (QED) is 0.327. The lowest BCUT2D eigenvalue weighted by Gasteiger charge is -2.24. The molecule has 7 nitrogen and oxygen atoms in total. The first kappa shape index (κ1) is 22.9. The monoisotopic (exact) mass is 496 g/mol. The van der Waals surface area contributed by atoms with Crippen LogP contribution in [0.4, 0.5) is 5.95 Å². The zero-order valence-corrected chi connectivity index (χ0v) is 20.1. The molecule has 0 bridgehead atoms. The van der Waals surface area contributed by atoms with Crippen LogP contribution >= 0.6 is 23.2 Å². The van der Waals surface area contributed by atoms with Crippen LogP contribution in [0.2, 0.25) is 10.0 Å². The molecule has 0 spiro atoms. The zero-order valence-electron chi connectivity index (χ0n) is 18.6. The summed E-state index contributed by atoms with van der Waals surface area (Å²) in [5.74, 6) is 1.99. The topological polar surface area (TPSA) is 87.9 Å². The second kappa shape index (κ2) is 10.2. The molecular weight excluding hydrogens is 471 g/mol. The molecule has 5 rings (SSSR count). The van der Waals surface area contributed by atoms with Gasteiger partial charge in [0, 0.05) is 13.1 Å². The predicted molar refractivity (Wildman–Crippen MR) is 137 cm³/mol. The summed E-state index contributed by atoms with van der Waals surface area (Å²) in [6, 6.07) is 12.7. The van der Waals surface area contributed by atoms with Gasteiger partial charge in [-0.05, 0) is 68.1 Å². The third-order valence-electron chi connectivity index (χ3n) is 6.15. The van der Waals surface area contributed by atoms with Gasteiger partial charge in [0.1, 0.15) is 17.1 Å². The van der Waals surface area contributed by atoms with Gasteiger partial charge in [-0.2, -0.15) is 4.98 Å². The van der Waals surface area contributed by atoms with Gasteiger partial charge < -0.3 is 20.3 Å². The highest BCUT2D eigenvalue weighted by molar-refractivity contribution is 6.39. The Morgan fingerprint density at radius 2 is 1.88 bits per heavy atom. The Morgan fingerprint density at radius 1 is 1.09 bits per heavy atom. The van der Waals surface area contributed by atoms with Gasteiger partial charge in [0.05, 0.1) is 21.8 Å². The van der Waals surface area contributed by atoms with Gasteiger partial charge in [0.25, 0.3) is 0 Å². The molecule has 3 heterocycles. The zero-order chi connectivity index (χ0) is 23.5. The van der Waals surface area contributed by atoms with Gasteiger partial charge in [-0.3, -0.25) is 0 Å². The van der Waals surface area contributed by atoms with E-state index >= 15 is 0 Å². The third-order valence-corrected chi connectivity index (χ3v) is 6.78. The van der Waals surface area contributed by atoms with Crippen LogP contribution in [0.15, 0.2) is 48.7 Å². The molecule has 0 aliphatic carbocycles. The van der Waals surface area contributed by atoms with Crippen molar-refractivity contribution in [1.82, 2.24) is 24.8 Å². The number of nitrogens with one attached hydrogen (secondary N) is 2. The van der Waals surface area contributed by atoms with Crippen molar-refractivity contribution >= 4 is 40.3 Å². The van der Waals surface area contributed by atoms with Crippen LogP contribution in [-0.2, 0) is 13.0 Å². The van der Waals surface area contributed by atoms with Crippen LogP contribution in [0, 0.1) is 5.92 Å². The second-order valence-corrected chi connectivity index (χ2v) is 9.42. The van der Waals surface area contributed by atoms with Crippen LogP contribution in [0.5, 0.6) is 5.75 Å². The number of piperidine rings is 1. The van der Waals surface area contributed by atoms with Gasteiger partial charge in [-0.15, -0.1) is 0 Å². The Hall–Kier alpha value is -2.87. The van der Waals surface area contributed by atoms with Crippen molar-refractivity contribution in [2.75, 3.05) is 25.0 Å². The molecule has 0 unspecified atom stereocenters. The fraction of sp³-hybridized carbons (Fsp3) is 0.320.